The predicted molar refractivity (Wildman–Crippen MR) is 82.9 cm³/mol. The van der Waals surface area contributed by atoms with Crippen LogP contribution in [-0.4, -0.2) is 45.1 Å². The molecular weight excluding hydrogens is 292 g/mol. The van der Waals surface area contributed by atoms with Gasteiger partial charge in [0.2, 0.25) is 0 Å². The lowest BCUT2D eigenvalue weighted by Crippen LogP contribution is -2.94. The zero-order chi connectivity index (χ0) is 15.5. The van der Waals surface area contributed by atoms with E-state index in [9.17, 15) is 0 Å². The highest BCUT2D eigenvalue weighted by Crippen LogP contribution is 2.36. The zero-order valence-corrected chi connectivity index (χ0v) is 13.2. The molecule has 1 aromatic rings. The van der Waals surface area contributed by atoms with Crippen molar-refractivity contribution in [2.45, 2.75) is 6.54 Å². The Morgan fingerprint density at radius 3 is 2.71 bits per heavy atom. The van der Waals surface area contributed by atoms with Gasteiger partial charge in [0.05, 0.1) is 25.3 Å². The van der Waals surface area contributed by atoms with Crippen LogP contribution in [0.25, 0.3) is 0 Å². The number of quaternary nitrogens is 2. The first-order valence-corrected chi connectivity index (χ1v) is 7.45. The molecule has 0 aromatic heterocycles. The molecule has 0 unspecified atom stereocenters. The van der Waals surface area contributed by atoms with Gasteiger partial charge in [0, 0.05) is 5.56 Å². The highest BCUT2D eigenvalue weighted by molar-refractivity contribution is 6.32. The maximum atomic E-state index is 8.69. The van der Waals surface area contributed by atoms with Gasteiger partial charge in [-0.2, -0.15) is 0 Å². The molecule has 0 bridgehead atoms. The molecule has 21 heavy (non-hydrogen) atoms. The van der Waals surface area contributed by atoms with Crippen LogP contribution < -0.4 is 20.1 Å². The van der Waals surface area contributed by atoms with E-state index in [0.29, 0.717) is 23.1 Å². The summed E-state index contributed by atoms with van der Waals surface area (Å²) in [5.74, 6) is 1.19. The Labute approximate surface area is 130 Å². The molecule has 0 radical (unpaired) electrons. The molecule has 0 aliphatic carbocycles. The normalized spacial score (nSPS) is 10.4. The highest BCUT2D eigenvalue weighted by atomic mass is 35.5. The van der Waals surface area contributed by atoms with Gasteiger partial charge in [-0.3, -0.25) is 0 Å². The fourth-order valence-corrected chi connectivity index (χ4v) is 2.20. The van der Waals surface area contributed by atoms with E-state index in [1.54, 1.807) is 13.2 Å². The molecule has 1 rings (SSSR count). The number of aliphatic hydroxyl groups excluding tert-OH is 1. The summed E-state index contributed by atoms with van der Waals surface area (Å²) < 4.78 is 10.9. The molecule has 0 fully saturated rings. The molecule has 0 aliphatic heterocycles. The first-order valence-electron chi connectivity index (χ1n) is 7.07. The number of methoxy groups -OCH3 is 1. The lowest BCUT2D eigenvalue weighted by atomic mass is 10.2. The number of halogens is 1. The number of ether oxygens (including phenoxy) is 2. The molecule has 0 saturated heterocycles. The number of nitrogens with two attached hydrogens (primary N) is 2. The van der Waals surface area contributed by atoms with Crippen LogP contribution in [0.2, 0.25) is 5.02 Å². The topological polar surface area (TPSA) is 71.9 Å². The van der Waals surface area contributed by atoms with Crippen LogP contribution in [0.15, 0.2) is 24.8 Å². The second kappa shape index (κ2) is 10.5. The summed E-state index contributed by atoms with van der Waals surface area (Å²) in [5.41, 5.74) is 1.09. The van der Waals surface area contributed by atoms with Crippen molar-refractivity contribution in [1.29, 1.82) is 0 Å². The molecule has 0 spiro atoms. The second-order valence-corrected chi connectivity index (χ2v) is 4.99. The van der Waals surface area contributed by atoms with Crippen LogP contribution in [0, 0.1) is 0 Å². The lowest BCUT2D eigenvalue weighted by Gasteiger charge is -2.12. The maximum absolute atomic E-state index is 8.69. The SMILES string of the molecule is C=CCOc1c(Cl)cc(C[NH2+]CC[NH2+]CCO)cc1OC. The van der Waals surface area contributed by atoms with Crippen molar-refractivity contribution >= 4 is 11.6 Å². The van der Waals surface area contributed by atoms with Gasteiger partial charge in [-0.1, -0.05) is 24.3 Å². The summed E-state index contributed by atoms with van der Waals surface area (Å²) in [6, 6.07) is 3.84. The van der Waals surface area contributed by atoms with Crippen LogP contribution in [0.1, 0.15) is 5.56 Å². The van der Waals surface area contributed by atoms with Gasteiger partial charge in [-0.25, -0.2) is 0 Å². The third-order valence-corrected chi connectivity index (χ3v) is 3.20. The van der Waals surface area contributed by atoms with Gasteiger partial charge in [0.25, 0.3) is 0 Å². The van der Waals surface area contributed by atoms with E-state index in [1.165, 1.54) is 0 Å². The van der Waals surface area contributed by atoms with Crippen LogP contribution in [-0.2, 0) is 6.54 Å². The van der Waals surface area contributed by atoms with E-state index in [4.69, 9.17) is 26.2 Å². The van der Waals surface area contributed by atoms with Crippen molar-refractivity contribution in [3.63, 3.8) is 0 Å². The summed E-state index contributed by atoms with van der Waals surface area (Å²) in [4.78, 5) is 0. The minimum Gasteiger partial charge on any atom is -0.493 e. The van der Waals surface area contributed by atoms with Crippen LogP contribution in [0.4, 0.5) is 0 Å². The Hall–Kier alpha value is -1.27. The highest BCUT2D eigenvalue weighted by Gasteiger charge is 2.12. The van der Waals surface area contributed by atoms with Crippen molar-refractivity contribution in [3.8, 4) is 11.5 Å². The fraction of sp³-hybridized carbons (Fsp3) is 0.467. The van der Waals surface area contributed by atoms with Gasteiger partial charge in [-0.05, 0) is 12.1 Å². The predicted octanol–water partition coefficient (Wildman–Crippen LogP) is -0.467. The number of aliphatic hydroxyl groups is 1. The van der Waals surface area contributed by atoms with Gasteiger partial charge in [0.15, 0.2) is 11.5 Å². The molecule has 0 amide bonds. The third-order valence-electron chi connectivity index (χ3n) is 2.92. The molecule has 0 aliphatic rings. The van der Waals surface area contributed by atoms with E-state index >= 15 is 0 Å². The van der Waals surface area contributed by atoms with Crippen molar-refractivity contribution in [2.24, 2.45) is 0 Å². The number of hydrogen-bond acceptors (Lipinski definition) is 3. The minimum absolute atomic E-state index is 0.221. The summed E-state index contributed by atoms with van der Waals surface area (Å²) in [6.45, 7) is 7.77. The quantitative estimate of drug-likeness (QED) is 0.382. The third kappa shape index (κ3) is 6.35. The van der Waals surface area contributed by atoms with Gasteiger partial charge < -0.3 is 25.2 Å². The van der Waals surface area contributed by atoms with Gasteiger partial charge in [0.1, 0.15) is 26.2 Å². The van der Waals surface area contributed by atoms with Gasteiger partial charge in [-0.15, -0.1) is 0 Å². The van der Waals surface area contributed by atoms with Crippen LogP contribution >= 0.6 is 11.6 Å². The van der Waals surface area contributed by atoms with Crippen molar-refractivity contribution in [3.05, 3.63) is 35.4 Å². The van der Waals surface area contributed by atoms with E-state index in [-0.39, 0.29) is 6.61 Å². The zero-order valence-electron chi connectivity index (χ0n) is 12.5. The van der Waals surface area contributed by atoms with E-state index in [2.05, 4.69) is 17.2 Å². The van der Waals surface area contributed by atoms with Crippen molar-refractivity contribution in [2.75, 3.05) is 40.0 Å². The van der Waals surface area contributed by atoms with E-state index in [0.717, 1.165) is 31.7 Å². The molecule has 1 aromatic carbocycles. The number of hydrogen-bond donors (Lipinski definition) is 3. The fourth-order valence-electron chi connectivity index (χ4n) is 1.91. The average Bonchev–Trinajstić information content (AvgIpc) is 2.49. The standard InChI is InChI=1S/C15H23ClN2O3/c1-3-8-21-15-13(16)9-12(10-14(15)20-2)11-18-5-4-17-6-7-19/h3,9-10,17-19H,1,4-8,11H2,2H3/p+2. The first-order chi connectivity index (χ1) is 10.2. The molecule has 5 N–H and O–H groups in total. The summed E-state index contributed by atoms with van der Waals surface area (Å²) >= 11 is 6.24. The lowest BCUT2D eigenvalue weighted by molar-refractivity contribution is -0.731. The van der Waals surface area contributed by atoms with Gasteiger partial charge >= 0.3 is 0 Å². The molecule has 5 nitrogen and oxygen atoms in total. The molecular formula is C15H25ClN2O3+2. The van der Waals surface area contributed by atoms with E-state index in [1.807, 2.05) is 12.1 Å². The monoisotopic (exact) mass is 316 g/mol. The van der Waals surface area contributed by atoms with Crippen molar-refractivity contribution in [1.82, 2.24) is 0 Å². The molecule has 118 valence electrons. The summed E-state index contributed by atoms with van der Waals surface area (Å²) in [5, 5.41) is 13.5. The second-order valence-electron chi connectivity index (χ2n) is 4.58. The first kappa shape index (κ1) is 17.8. The van der Waals surface area contributed by atoms with Crippen LogP contribution in [0.5, 0.6) is 11.5 Å². The number of benzene rings is 1. The molecule has 6 heteroatoms. The van der Waals surface area contributed by atoms with E-state index < -0.39 is 0 Å². The number of rotatable bonds is 11. The van der Waals surface area contributed by atoms with Crippen LogP contribution in [0.3, 0.4) is 0 Å². The Bertz CT molecular complexity index is 441. The Morgan fingerprint density at radius 2 is 2.05 bits per heavy atom. The molecule has 0 heterocycles. The van der Waals surface area contributed by atoms with Crippen molar-refractivity contribution < 1.29 is 25.2 Å². The molecule has 0 atom stereocenters. The smallest absolute Gasteiger partial charge is 0.180 e. The largest absolute Gasteiger partial charge is 0.493 e. The summed E-state index contributed by atoms with van der Waals surface area (Å²) in [6.07, 6.45) is 1.67. The summed E-state index contributed by atoms with van der Waals surface area (Å²) in [7, 11) is 1.60. The maximum Gasteiger partial charge on any atom is 0.180 e. The Balaban J connectivity index is 2.55. The Morgan fingerprint density at radius 1 is 1.29 bits per heavy atom. The average molecular weight is 317 g/mol. The minimum atomic E-state index is 0.221. The molecule has 0 saturated carbocycles. The Kier molecular flexibility index (Phi) is 8.85.